The summed E-state index contributed by atoms with van der Waals surface area (Å²) in [7, 11) is 8.24. The van der Waals surface area contributed by atoms with E-state index in [9.17, 15) is 0 Å². The summed E-state index contributed by atoms with van der Waals surface area (Å²) in [6, 6.07) is 16.1. The molecule has 0 saturated heterocycles. The minimum atomic E-state index is 0.359. The van der Waals surface area contributed by atoms with Gasteiger partial charge in [-0.2, -0.15) is 4.57 Å². The van der Waals surface area contributed by atoms with Crippen LogP contribution in [0.2, 0.25) is 0 Å². The van der Waals surface area contributed by atoms with Crippen molar-refractivity contribution in [1.29, 1.82) is 0 Å². The van der Waals surface area contributed by atoms with Crippen LogP contribution in [0, 0.1) is 0 Å². The summed E-state index contributed by atoms with van der Waals surface area (Å²) < 4.78 is 36.2. The Hall–Kier alpha value is -4.13. The highest BCUT2D eigenvalue weighted by Crippen LogP contribution is 2.40. The van der Waals surface area contributed by atoms with Crippen LogP contribution in [0.1, 0.15) is 11.1 Å². The number of aryl methyl sites for hydroxylation is 2. The van der Waals surface area contributed by atoms with Crippen molar-refractivity contribution in [1.82, 2.24) is 0 Å². The highest BCUT2D eigenvalue weighted by Gasteiger charge is 2.27. The number of hydrogen-bond donors (Lipinski definition) is 0. The van der Waals surface area contributed by atoms with E-state index >= 15 is 0 Å². The maximum atomic E-state index is 6.36. The summed E-state index contributed by atoms with van der Waals surface area (Å²) in [5, 5.41) is 2.05. The number of hydrogen-bond acceptors (Lipinski definition) is 6. The minimum absolute atomic E-state index is 0.359. The van der Waals surface area contributed by atoms with Crippen LogP contribution in [0.15, 0.2) is 54.7 Å². The van der Waals surface area contributed by atoms with Gasteiger partial charge in [0, 0.05) is 12.5 Å². The molecule has 7 heteroatoms. The lowest BCUT2D eigenvalue weighted by Gasteiger charge is -2.19. The van der Waals surface area contributed by atoms with Crippen molar-refractivity contribution in [2.45, 2.75) is 19.6 Å². The van der Waals surface area contributed by atoms with Crippen LogP contribution in [0.25, 0.3) is 22.0 Å². The molecule has 0 aliphatic carbocycles. The summed E-state index contributed by atoms with van der Waals surface area (Å²) >= 11 is 0. The van der Waals surface area contributed by atoms with E-state index < -0.39 is 0 Å². The summed E-state index contributed by atoms with van der Waals surface area (Å²) in [6.45, 7) is 1.21. The number of ether oxygens (including phenoxy) is 6. The smallest absolute Gasteiger partial charge is 0.213 e. The molecular formula is C29H30NO6+. The van der Waals surface area contributed by atoms with Crippen molar-refractivity contribution >= 4 is 10.8 Å². The van der Waals surface area contributed by atoms with E-state index in [1.54, 1.807) is 35.5 Å². The summed E-state index contributed by atoms with van der Waals surface area (Å²) in [5.41, 5.74) is 4.47. The molecule has 36 heavy (non-hydrogen) atoms. The number of nitrogens with zero attached hydrogens (tertiary/aromatic N) is 1. The molecule has 186 valence electrons. The third-order valence-corrected chi connectivity index (χ3v) is 6.64. The third-order valence-electron chi connectivity index (χ3n) is 6.64. The Bertz CT molecular complexity index is 1430. The van der Waals surface area contributed by atoms with Gasteiger partial charge in [0.25, 0.3) is 0 Å². The predicted octanol–water partition coefficient (Wildman–Crippen LogP) is 4.97. The lowest BCUT2D eigenvalue weighted by atomic mass is 9.95. The molecule has 0 spiro atoms. The first kappa shape index (κ1) is 23.6. The first-order valence-electron chi connectivity index (χ1n) is 11.7. The Morgan fingerprint density at radius 1 is 0.694 bits per heavy atom. The molecule has 0 radical (unpaired) electrons. The number of methoxy groups -OCH3 is 5. The fourth-order valence-electron chi connectivity index (χ4n) is 4.77. The van der Waals surface area contributed by atoms with Gasteiger partial charge in [-0.1, -0.05) is 6.07 Å². The summed E-state index contributed by atoms with van der Waals surface area (Å²) in [4.78, 5) is 0. The van der Waals surface area contributed by atoms with Crippen molar-refractivity contribution < 1.29 is 33.0 Å². The van der Waals surface area contributed by atoms with Gasteiger partial charge in [-0.3, -0.25) is 0 Å². The van der Waals surface area contributed by atoms with E-state index in [1.165, 1.54) is 5.56 Å². The zero-order chi connectivity index (χ0) is 25.2. The Kier molecular flexibility index (Phi) is 6.46. The lowest BCUT2D eigenvalue weighted by molar-refractivity contribution is -0.686. The maximum absolute atomic E-state index is 6.36. The highest BCUT2D eigenvalue weighted by atomic mass is 16.5. The van der Waals surface area contributed by atoms with Crippen molar-refractivity contribution in [2.24, 2.45) is 0 Å². The highest BCUT2D eigenvalue weighted by molar-refractivity contribution is 5.91. The fourth-order valence-corrected chi connectivity index (χ4v) is 4.77. The minimum Gasteiger partial charge on any atom is -0.493 e. The molecule has 3 aromatic carbocycles. The summed E-state index contributed by atoms with van der Waals surface area (Å²) in [6.07, 6.45) is 3.04. The van der Waals surface area contributed by atoms with Gasteiger partial charge in [0.2, 0.25) is 5.69 Å². The van der Waals surface area contributed by atoms with Gasteiger partial charge in [-0.15, -0.1) is 0 Å². The second-order valence-electron chi connectivity index (χ2n) is 8.54. The van der Waals surface area contributed by atoms with Gasteiger partial charge < -0.3 is 28.4 Å². The molecule has 2 heterocycles. The second kappa shape index (κ2) is 9.85. The summed E-state index contributed by atoms with van der Waals surface area (Å²) in [5.74, 6) is 4.21. The number of aromatic nitrogens is 1. The number of pyridine rings is 1. The molecule has 5 rings (SSSR count). The molecule has 0 unspecified atom stereocenters. The van der Waals surface area contributed by atoms with E-state index in [-0.39, 0.29) is 0 Å². The van der Waals surface area contributed by atoms with Crippen LogP contribution in [0.3, 0.4) is 0 Å². The van der Waals surface area contributed by atoms with Crippen LogP contribution >= 0.6 is 0 Å². The molecule has 0 bridgehead atoms. The topological polar surface area (TPSA) is 59.3 Å². The van der Waals surface area contributed by atoms with Crippen molar-refractivity contribution in [3.8, 4) is 45.8 Å². The van der Waals surface area contributed by atoms with Crippen molar-refractivity contribution in [3.63, 3.8) is 0 Å². The van der Waals surface area contributed by atoms with Gasteiger partial charge in [0.15, 0.2) is 47.2 Å². The molecule has 1 aromatic heterocycles. The lowest BCUT2D eigenvalue weighted by Crippen LogP contribution is -2.40. The molecular weight excluding hydrogens is 458 g/mol. The maximum Gasteiger partial charge on any atom is 0.213 e. The molecule has 1 aliphatic rings. The van der Waals surface area contributed by atoms with Crippen LogP contribution < -0.4 is 33.0 Å². The van der Waals surface area contributed by atoms with Gasteiger partial charge in [0.05, 0.1) is 46.5 Å². The van der Waals surface area contributed by atoms with Gasteiger partial charge in [-0.25, -0.2) is 0 Å². The van der Waals surface area contributed by atoms with Crippen LogP contribution in [0.4, 0.5) is 0 Å². The molecule has 4 aromatic rings. The first-order chi connectivity index (χ1) is 17.6. The number of rotatable bonds is 8. The molecule has 0 atom stereocenters. The Labute approximate surface area is 210 Å². The number of benzene rings is 3. The molecule has 7 nitrogen and oxygen atoms in total. The molecule has 0 amide bonds. The van der Waals surface area contributed by atoms with Gasteiger partial charge in [0.1, 0.15) is 6.61 Å². The standard InChI is InChI=1S/C29H30NO6/c1-31-24-8-6-18(12-26(24)33-3)17-36-29-22-16-30-11-10-20-14-27(34-4)28(35-5)15-21(20)23(30)13-19(22)7-9-25(29)32-2/h6-9,12-16H,10-11,17H2,1-5H3/q+1. The predicted molar refractivity (Wildman–Crippen MR) is 137 cm³/mol. The Balaban J connectivity index is 1.55. The normalized spacial score (nSPS) is 11.9. The van der Waals surface area contributed by atoms with E-state index in [4.69, 9.17) is 28.4 Å². The largest absolute Gasteiger partial charge is 0.493 e. The third kappa shape index (κ3) is 4.11. The first-order valence-corrected chi connectivity index (χ1v) is 11.7. The zero-order valence-electron chi connectivity index (χ0n) is 21.2. The van der Waals surface area contributed by atoms with E-state index in [2.05, 4.69) is 35.0 Å². The fraction of sp³-hybridized carbons (Fsp3) is 0.276. The van der Waals surface area contributed by atoms with Gasteiger partial charge in [-0.05, 0) is 52.9 Å². The van der Waals surface area contributed by atoms with E-state index in [0.29, 0.717) is 29.6 Å². The average Bonchev–Trinajstić information content (AvgIpc) is 2.93. The van der Waals surface area contributed by atoms with Crippen LogP contribution in [-0.2, 0) is 19.6 Å². The SMILES string of the molecule is COc1ccc(COc2c(OC)ccc3cc4[n+](cc23)CCc2cc(OC)c(OC)cc2-4)cc1OC. The Morgan fingerprint density at radius 2 is 1.36 bits per heavy atom. The van der Waals surface area contributed by atoms with Crippen LogP contribution in [0.5, 0.6) is 34.5 Å². The molecule has 0 fully saturated rings. The molecule has 0 N–H and O–H groups in total. The molecule has 0 saturated carbocycles. The van der Waals surface area contributed by atoms with Crippen molar-refractivity contribution in [2.75, 3.05) is 35.5 Å². The second-order valence-corrected chi connectivity index (χ2v) is 8.54. The zero-order valence-corrected chi connectivity index (χ0v) is 21.2. The molecule has 1 aliphatic heterocycles. The van der Waals surface area contributed by atoms with E-state index in [0.717, 1.165) is 52.1 Å². The monoisotopic (exact) mass is 488 g/mol. The average molecular weight is 489 g/mol. The number of fused-ring (bicyclic) bond motifs is 4. The van der Waals surface area contributed by atoms with Crippen molar-refractivity contribution in [3.05, 3.63) is 65.9 Å². The Morgan fingerprint density at radius 3 is 2.08 bits per heavy atom. The van der Waals surface area contributed by atoms with Crippen LogP contribution in [-0.4, -0.2) is 35.5 Å². The van der Waals surface area contributed by atoms with E-state index in [1.807, 2.05) is 24.3 Å². The quantitative estimate of drug-likeness (QED) is 0.326. The van der Waals surface area contributed by atoms with Gasteiger partial charge >= 0.3 is 0 Å².